The third-order valence-corrected chi connectivity index (χ3v) is 6.65. The van der Waals surface area contributed by atoms with E-state index < -0.39 is 0 Å². The molecule has 1 heterocycles. The van der Waals surface area contributed by atoms with E-state index in [0.717, 1.165) is 48.8 Å². The van der Waals surface area contributed by atoms with Crippen LogP contribution < -0.4 is 5.32 Å². The van der Waals surface area contributed by atoms with Gasteiger partial charge in [0, 0.05) is 30.4 Å². The Balaban J connectivity index is 1.26. The van der Waals surface area contributed by atoms with E-state index in [1.54, 1.807) is 0 Å². The van der Waals surface area contributed by atoms with Crippen molar-refractivity contribution >= 4 is 11.6 Å². The molecule has 0 aromatic heterocycles. The summed E-state index contributed by atoms with van der Waals surface area (Å²) in [6.07, 6.45) is 6.29. The van der Waals surface area contributed by atoms with Crippen molar-refractivity contribution in [3.8, 4) is 11.1 Å². The maximum absolute atomic E-state index is 12.8. The average Bonchev–Trinajstić information content (AvgIpc) is 2.96. The third kappa shape index (κ3) is 4.03. The van der Waals surface area contributed by atoms with Crippen molar-refractivity contribution < 1.29 is 4.79 Å². The maximum Gasteiger partial charge on any atom is 0.255 e. The zero-order chi connectivity index (χ0) is 20.3. The average molecular weight is 397 g/mol. The fourth-order valence-corrected chi connectivity index (χ4v) is 4.59. The Labute approximate surface area is 178 Å². The summed E-state index contributed by atoms with van der Waals surface area (Å²) >= 11 is 0. The van der Waals surface area contributed by atoms with E-state index in [2.05, 4.69) is 34.5 Å². The molecule has 30 heavy (non-hydrogen) atoms. The zero-order valence-electron chi connectivity index (χ0n) is 17.3. The van der Waals surface area contributed by atoms with E-state index in [1.807, 2.05) is 48.5 Å². The smallest absolute Gasteiger partial charge is 0.255 e. The van der Waals surface area contributed by atoms with Gasteiger partial charge < -0.3 is 5.32 Å². The third-order valence-electron chi connectivity index (χ3n) is 6.65. The molecule has 1 amide bonds. The van der Waals surface area contributed by atoms with Crippen LogP contribution in [0.25, 0.3) is 11.1 Å². The molecule has 0 saturated heterocycles. The quantitative estimate of drug-likeness (QED) is 0.626. The maximum atomic E-state index is 12.8. The highest BCUT2D eigenvalue weighted by atomic mass is 16.1. The number of amides is 1. The molecule has 3 heteroatoms. The number of carbonyl (C=O) groups is 1. The summed E-state index contributed by atoms with van der Waals surface area (Å²) in [6, 6.07) is 25.3. The number of nitrogens with one attached hydrogen (secondary N) is 1. The van der Waals surface area contributed by atoms with Crippen LogP contribution in [0.5, 0.6) is 0 Å². The largest absolute Gasteiger partial charge is 0.322 e. The van der Waals surface area contributed by atoms with Crippen molar-refractivity contribution in [3.63, 3.8) is 0 Å². The van der Waals surface area contributed by atoms with Crippen LogP contribution in [-0.2, 0) is 12.8 Å². The summed E-state index contributed by atoms with van der Waals surface area (Å²) in [5.74, 6) is -0.0562. The van der Waals surface area contributed by atoms with Gasteiger partial charge in [-0.3, -0.25) is 9.69 Å². The molecule has 3 aromatic rings. The topological polar surface area (TPSA) is 32.3 Å². The molecule has 3 nitrogen and oxygen atoms in total. The van der Waals surface area contributed by atoms with Crippen molar-refractivity contribution in [1.82, 2.24) is 4.90 Å². The lowest BCUT2D eigenvalue weighted by molar-refractivity contribution is 0.102. The first-order chi connectivity index (χ1) is 14.8. The van der Waals surface area contributed by atoms with Crippen LogP contribution in [0.3, 0.4) is 0 Å². The zero-order valence-corrected chi connectivity index (χ0v) is 17.3. The van der Waals surface area contributed by atoms with Crippen LogP contribution in [0.2, 0.25) is 0 Å². The van der Waals surface area contributed by atoms with Gasteiger partial charge in [0.15, 0.2) is 0 Å². The monoisotopic (exact) mass is 396 g/mol. The Kier molecular flexibility index (Phi) is 5.37. The van der Waals surface area contributed by atoms with Gasteiger partial charge in [-0.25, -0.2) is 0 Å². The van der Waals surface area contributed by atoms with Gasteiger partial charge in [0.2, 0.25) is 0 Å². The number of benzene rings is 3. The van der Waals surface area contributed by atoms with E-state index >= 15 is 0 Å². The standard InChI is InChI=1S/C27H28N2O/c30-27(23-11-9-21(10-12-23)20-5-2-1-3-6-20)28-25-14-13-22-15-17-29(26-7-4-8-26)18-16-24(22)19-25/h1-3,5-6,9-14,19,26H,4,7-8,15-18H2,(H,28,30). The summed E-state index contributed by atoms with van der Waals surface area (Å²) in [5, 5.41) is 3.09. The molecule has 1 fully saturated rings. The van der Waals surface area contributed by atoms with Gasteiger partial charge in [-0.1, -0.05) is 55.0 Å². The van der Waals surface area contributed by atoms with Gasteiger partial charge in [-0.05, 0) is 72.2 Å². The Hall–Kier alpha value is -2.91. The molecular weight excluding hydrogens is 368 g/mol. The van der Waals surface area contributed by atoms with E-state index in [4.69, 9.17) is 0 Å². The molecule has 1 aliphatic carbocycles. The highest BCUT2D eigenvalue weighted by molar-refractivity contribution is 6.04. The van der Waals surface area contributed by atoms with Crippen LogP contribution in [0.1, 0.15) is 40.7 Å². The molecule has 0 radical (unpaired) electrons. The molecule has 1 aliphatic heterocycles. The van der Waals surface area contributed by atoms with Gasteiger partial charge in [0.25, 0.3) is 5.91 Å². The molecule has 0 bridgehead atoms. The Morgan fingerprint density at radius 3 is 2.20 bits per heavy atom. The molecule has 0 spiro atoms. The number of carbonyl (C=O) groups excluding carboxylic acids is 1. The molecule has 0 unspecified atom stereocenters. The number of rotatable bonds is 4. The van der Waals surface area contributed by atoms with E-state index in [0.29, 0.717) is 5.56 Å². The predicted octanol–water partition coefficient (Wildman–Crippen LogP) is 5.56. The van der Waals surface area contributed by atoms with Gasteiger partial charge >= 0.3 is 0 Å². The minimum atomic E-state index is -0.0562. The minimum Gasteiger partial charge on any atom is -0.322 e. The van der Waals surface area contributed by atoms with E-state index in [-0.39, 0.29) is 5.91 Å². The predicted molar refractivity (Wildman–Crippen MR) is 123 cm³/mol. The van der Waals surface area contributed by atoms with Crippen molar-refractivity contribution in [2.24, 2.45) is 0 Å². The Bertz CT molecular complexity index is 1020. The lowest BCUT2D eigenvalue weighted by Crippen LogP contribution is -2.41. The molecule has 1 N–H and O–H groups in total. The van der Waals surface area contributed by atoms with E-state index in [9.17, 15) is 4.79 Å². The highest BCUT2D eigenvalue weighted by Crippen LogP contribution is 2.28. The van der Waals surface area contributed by atoms with E-state index in [1.165, 1.54) is 30.4 Å². The van der Waals surface area contributed by atoms with Crippen LogP contribution in [0.4, 0.5) is 5.69 Å². The van der Waals surface area contributed by atoms with Crippen LogP contribution in [-0.4, -0.2) is 29.9 Å². The molecule has 0 atom stereocenters. The summed E-state index contributed by atoms with van der Waals surface area (Å²) in [7, 11) is 0. The van der Waals surface area contributed by atoms with Crippen LogP contribution in [0.15, 0.2) is 72.8 Å². The molecular formula is C27H28N2O. The highest BCUT2D eigenvalue weighted by Gasteiger charge is 2.26. The minimum absolute atomic E-state index is 0.0562. The fraction of sp³-hybridized carbons (Fsp3) is 0.296. The van der Waals surface area contributed by atoms with Gasteiger partial charge in [0.05, 0.1) is 0 Å². The number of hydrogen-bond acceptors (Lipinski definition) is 2. The second-order valence-electron chi connectivity index (χ2n) is 8.50. The van der Waals surface area contributed by atoms with Gasteiger partial charge in [-0.15, -0.1) is 0 Å². The second-order valence-corrected chi connectivity index (χ2v) is 8.50. The summed E-state index contributed by atoms with van der Waals surface area (Å²) in [6.45, 7) is 2.30. The fourth-order valence-electron chi connectivity index (χ4n) is 4.59. The normalized spacial score (nSPS) is 16.9. The Morgan fingerprint density at radius 2 is 1.50 bits per heavy atom. The lowest BCUT2D eigenvalue weighted by atomic mass is 9.91. The first-order valence-electron chi connectivity index (χ1n) is 11.1. The molecule has 5 rings (SSSR count). The van der Waals surface area contributed by atoms with Crippen molar-refractivity contribution in [2.75, 3.05) is 18.4 Å². The number of hydrogen-bond donors (Lipinski definition) is 1. The Morgan fingerprint density at radius 1 is 0.800 bits per heavy atom. The second kappa shape index (κ2) is 8.45. The lowest BCUT2D eigenvalue weighted by Gasteiger charge is -2.36. The first-order valence-corrected chi connectivity index (χ1v) is 11.1. The van der Waals surface area contributed by atoms with Crippen LogP contribution >= 0.6 is 0 Å². The van der Waals surface area contributed by atoms with Crippen molar-refractivity contribution in [1.29, 1.82) is 0 Å². The van der Waals surface area contributed by atoms with Crippen molar-refractivity contribution in [2.45, 2.75) is 38.1 Å². The van der Waals surface area contributed by atoms with Crippen molar-refractivity contribution in [3.05, 3.63) is 89.5 Å². The number of nitrogens with zero attached hydrogens (tertiary/aromatic N) is 1. The number of fused-ring (bicyclic) bond motifs is 1. The molecule has 2 aliphatic rings. The SMILES string of the molecule is O=C(Nc1ccc2c(c1)CCN(C1CCC1)CC2)c1ccc(-c2ccccc2)cc1. The van der Waals surface area contributed by atoms with Gasteiger partial charge in [-0.2, -0.15) is 0 Å². The number of anilines is 1. The molecule has 1 saturated carbocycles. The van der Waals surface area contributed by atoms with Crippen LogP contribution in [0, 0.1) is 0 Å². The summed E-state index contributed by atoms with van der Waals surface area (Å²) in [5.41, 5.74) is 6.67. The molecule has 152 valence electrons. The summed E-state index contributed by atoms with van der Waals surface area (Å²) in [4.78, 5) is 15.4. The molecule has 3 aromatic carbocycles. The van der Waals surface area contributed by atoms with Gasteiger partial charge in [0.1, 0.15) is 0 Å². The summed E-state index contributed by atoms with van der Waals surface area (Å²) < 4.78 is 0. The first kappa shape index (κ1) is 19.1.